The molecule has 0 fully saturated rings. The molecular formula is C10H19F3N2. The van der Waals surface area contributed by atoms with Crippen molar-refractivity contribution in [2.45, 2.75) is 46.2 Å². The van der Waals surface area contributed by atoms with Gasteiger partial charge in [-0.25, -0.2) is 0 Å². The normalized spacial score (nSPS) is 13.1. The van der Waals surface area contributed by atoms with Gasteiger partial charge in [-0.2, -0.15) is 18.3 Å². The Labute approximate surface area is 89.1 Å². The first-order valence-corrected chi connectivity index (χ1v) is 5.35. The van der Waals surface area contributed by atoms with Crippen molar-refractivity contribution in [2.24, 2.45) is 5.10 Å². The Balaban J connectivity index is 4.59. The number of alkyl halides is 3. The fraction of sp³-hybridized carbons (Fsp3) is 0.900. The van der Waals surface area contributed by atoms with Crippen molar-refractivity contribution in [2.75, 3.05) is 13.1 Å². The summed E-state index contributed by atoms with van der Waals surface area (Å²) in [4.78, 5) is 0. The van der Waals surface area contributed by atoms with E-state index in [1.54, 1.807) is 0 Å². The maximum Gasteiger partial charge on any atom is 0.431 e. The highest BCUT2D eigenvalue weighted by molar-refractivity contribution is 5.89. The van der Waals surface area contributed by atoms with E-state index in [0.717, 1.165) is 12.8 Å². The molecule has 0 aliphatic rings. The number of rotatable bonds is 6. The summed E-state index contributed by atoms with van der Waals surface area (Å²) in [6, 6.07) is 0. The molecule has 0 atom stereocenters. The molecule has 0 aliphatic carbocycles. The number of hydrogen-bond donors (Lipinski definition) is 0. The molecule has 0 radical (unpaired) electrons. The van der Waals surface area contributed by atoms with Gasteiger partial charge in [0.2, 0.25) is 0 Å². The lowest BCUT2D eigenvalue weighted by Crippen LogP contribution is -2.28. The minimum atomic E-state index is -4.30. The summed E-state index contributed by atoms with van der Waals surface area (Å²) in [6.07, 6.45) is -2.77. The van der Waals surface area contributed by atoms with Crippen LogP contribution in [0.1, 0.15) is 40.0 Å². The molecule has 0 N–H and O–H groups in total. The first-order valence-electron chi connectivity index (χ1n) is 5.35. The highest BCUT2D eigenvalue weighted by atomic mass is 19.4. The second-order valence-corrected chi connectivity index (χ2v) is 3.35. The van der Waals surface area contributed by atoms with Gasteiger partial charge in [0, 0.05) is 13.1 Å². The van der Waals surface area contributed by atoms with Crippen LogP contribution in [0.4, 0.5) is 13.2 Å². The van der Waals surface area contributed by atoms with Gasteiger partial charge >= 0.3 is 6.18 Å². The lowest BCUT2D eigenvalue weighted by molar-refractivity contribution is -0.0618. The Morgan fingerprint density at radius 3 is 1.80 bits per heavy atom. The van der Waals surface area contributed by atoms with E-state index < -0.39 is 11.9 Å². The first-order chi connectivity index (χ1) is 6.95. The first kappa shape index (κ1) is 14.3. The molecule has 0 rings (SSSR count). The van der Waals surface area contributed by atoms with Crippen molar-refractivity contribution in [3.05, 3.63) is 0 Å². The van der Waals surface area contributed by atoms with Gasteiger partial charge in [-0.1, -0.05) is 20.8 Å². The number of hydrazone groups is 1. The van der Waals surface area contributed by atoms with E-state index in [2.05, 4.69) is 5.10 Å². The molecule has 0 aromatic carbocycles. The van der Waals surface area contributed by atoms with Crippen LogP contribution in [0.3, 0.4) is 0 Å². The number of hydrogen-bond acceptors (Lipinski definition) is 2. The average molecular weight is 224 g/mol. The van der Waals surface area contributed by atoms with Gasteiger partial charge in [-0.3, -0.25) is 5.01 Å². The SMILES string of the molecule is CCCN(CCC)/N=C(\CC)C(F)(F)F. The van der Waals surface area contributed by atoms with E-state index in [0.29, 0.717) is 13.1 Å². The molecule has 0 spiro atoms. The van der Waals surface area contributed by atoms with Crippen LogP contribution in [0.15, 0.2) is 5.10 Å². The minimum Gasteiger partial charge on any atom is -0.297 e. The molecule has 2 nitrogen and oxygen atoms in total. The fourth-order valence-corrected chi connectivity index (χ4v) is 1.23. The summed E-state index contributed by atoms with van der Waals surface area (Å²) >= 11 is 0. The maximum atomic E-state index is 12.4. The van der Waals surface area contributed by atoms with E-state index in [1.807, 2.05) is 13.8 Å². The highest BCUT2D eigenvalue weighted by Gasteiger charge is 2.34. The van der Waals surface area contributed by atoms with Gasteiger partial charge in [-0.15, -0.1) is 0 Å². The monoisotopic (exact) mass is 224 g/mol. The smallest absolute Gasteiger partial charge is 0.297 e. The molecule has 0 aromatic heterocycles. The average Bonchev–Trinajstić information content (AvgIpc) is 2.12. The second-order valence-electron chi connectivity index (χ2n) is 3.35. The van der Waals surface area contributed by atoms with E-state index in [1.165, 1.54) is 11.9 Å². The Kier molecular flexibility index (Phi) is 6.36. The van der Waals surface area contributed by atoms with Crippen molar-refractivity contribution in [1.29, 1.82) is 0 Å². The summed E-state index contributed by atoms with van der Waals surface area (Å²) in [7, 11) is 0. The largest absolute Gasteiger partial charge is 0.431 e. The zero-order valence-corrected chi connectivity index (χ0v) is 9.56. The standard InChI is InChI=1S/C10H19F3N2/c1-4-7-15(8-5-2)14-9(6-3)10(11,12)13/h4-8H2,1-3H3/b14-9+. The maximum absolute atomic E-state index is 12.4. The molecule has 0 saturated carbocycles. The van der Waals surface area contributed by atoms with Gasteiger partial charge in [0.1, 0.15) is 5.71 Å². The van der Waals surface area contributed by atoms with E-state index >= 15 is 0 Å². The molecule has 15 heavy (non-hydrogen) atoms. The van der Waals surface area contributed by atoms with Crippen molar-refractivity contribution in [3.8, 4) is 0 Å². The summed E-state index contributed by atoms with van der Waals surface area (Å²) in [5.41, 5.74) is -0.690. The summed E-state index contributed by atoms with van der Waals surface area (Å²) in [5, 5.41) is 5.18. The topological polar surface area (TPSA) is 15.6 Å². The lowest BCUT2D eigenvalue weighted by Gasteiger charge is -2.20. The molecule has 0 aliphatic heterocycles. The van der Waals surface area contributed by atoms with Crippen LogP contribution in [0, 0.1) is 0 Å². The third kappa shape index (κ3) is 5.64. The highest BCUT2D eigenvalue weighted by Crippen LogP contribution is 2.20. The van der Waals surface area contributed by atoms with E-state index in [-0.39, 0.29) is 6.42 Å². The molecule has 5 heteroatoms. The molecule has 0 unspecified atom stereocenters. The van der Waals surface area contributed by atoms with Gasteiger partial charge in [0.05, 0.1) is 0 Å². The van der Waals surface area contributed by atoms with Crippen molar-refractivity contribution < 1.29 is 13.2 Å². The number of nitrogens with zero attached hydrogens (tertiary/aromatic N) is 2. The van der Waals surface area contributed by atoms with Crippen LogP contribution >= 0.6 is 0 Å². The molecule has 0 amide bonds. The molecule has 0 aromatic rings. The summed E-state index contributed by atoms with van der Waals surface area (Å²) in [5.74, 6) is 0. The van der Waals surface area contributed by atoms with Crippen LogP contribution in [0.25, 0.3) is 0 Å². The molecule has 90 valence electrons. The Morgan fingerprint density at radius 2 is 1.53 bits per heavy atom. The Hall–Kier alpha value is -0.740. The molecule has 0 bridgehead atoms. The van der Waals surface area contributed by atoms with Crippen LogP contribution in [-0.2, 0) is 0 Å². The number of halogens is 3. The van der Waals surface area contributed by atoms with Gasteiger partial charge in [-0.05, 0) is 19.3 Å². The van der Waals surface area contributed by atoms with Crippen molar-refractivity contribution in [1.82, 2.24) is 5.01 Å². The molecule has 0 heterocycles. The molecule has 0 saturated heterocycles. The zero-order chi connectivity index (χ0) is 11.9. The van der Waals surface area contributed by atoms with Crippen molar-refractivity contribution in [3.63, 3.8) is 0 Å². The van der Waals surface area contributed by atoms with Crippen LogP contribution < -0.4 is 0 Å². The Morgan fingerprint density at radius 1 is 1.07 bits per heavy atom. The third-order valence-electron chi connectivity index (χ3n) is 1.89. The van der Waals surface area contributed by atoms with Gasteiger partial charge in [0.25, 0.3) is 0 Å². The lowest BCUT2D eigenvalue weighted by atomic mass is 10.3. The zero-order valence-electron chi connectivity index (χ0n) is 9.56. The van der Waals surface area contributed by atoms with Crippen LogP contribution in [-0.4, -0.2) is 30.0 Å². The minimum absolute atomic E-state index is 0.0760. The summed E-state index contributed by atoms with van der Waals surface area (Å²) < 4.78 is 37.2. The predicted octanol–water partition coefficient (Wildman–Crippen LogP) is 3.44. The van der Waals surface area contributed by atoms with Gasteiger partial charge in [0.15, 0.2) is 0 Å². The van der Waals surface area contributed by atoms with E-state index in [4.69, 9.17) is 0 Å². The second kappa shape index (κ2) is 6.69. The predicted molar refractivity (Wildman–Crippen MR) is 55.9 cm³/mol. The van der Waals surface area contributed by atoms with Gasteiger partial charge < -0.3 is 0 Å². The fourth-order valence-electron chi connectivity index (χ4n) is 1.23. The van der Waals surface area contributed by atoms with Crippen molar-refractivity contribution >= 4 is 5.71 Å². The van der Waals surface area contributed by atoms with E-state index in [9.17, 15) is 13.2 Å². The Bertz CT molecular complexity index is 193. The molecular weight excluding hydrogens is 205 g/mol. The van der Waals surface area contributed by atoms with Crippen LogP contribution in [0.5, 0.6) is 0 Å². The van der Waals surface area contributed by atoms with Crippen LogP contribution in [0.2, 0.25) is 0 Å². The summed E-state index contributed by atoms with van der Waals surface area (Å²) in [6.45, 7) is 6.48. The quantitative estimate of drug-likeness (QED) is 0.498. The third-order valence-corrected chi connectivity index (χ3v) is 1.89.